The number of hydrogen-bond donors (Lipinski definition) is 1. The number of ether oxygens (including phenoxy) is 1. The van der Waals surface area contributed by atoms with E-state index in [0.717, 1.165) is 27.2 Å². The van der Waals surface area contributed by atoms with Crippen LogP contribution in [0.1, 0.15) is 0 Å². The summed E-state index contributed by atoms with van der Waals surface area (Å²) in [5.74, 6) is 0. The Morgan fingerprint density at radius 2 is 2.26 bits per heavy atom. The Morgan fingerprint density at radius 3 is 2.95 bits per heavy atom. The number of nitrogens with two attached hydrogens (primary N) is 1. The molecule has 0 spiro atoms. The van der Waals surface area contributed by atoms with Crippen LogP contribution in [0.15, 0.2) is 23.0 Å². The largest absolute Gasteiger partial charge is 0.443 e. The van der Waals surface area contributed by atoms with Crippen LogP contribution in [-0.2, 0) is 11.8 Å². The number of nitrogens with zero attached hydrogens (tertiary/aromatic N) is 2. The number of amides is 1. The summed E-state index contributed by atoms with van der Waals surface area (Å²) in [4.78, 5) is 24.9. The van der Waals surface area contributed by atoms with E-state index in [9.17, 15) is 9.59 Å². The van der Waals surface area contributed by atoms with Crippen molar-refractivity contribution in [1.29, 1.82) is 0 Å². The zero-order valence-electron chi connectivity index (χ0n) is 10.3. The highest BCUT2D eigenvalue weighted by atomic mass is 32.1. The minimum Gasteiger partial charge on any atom is -0.443 e. The third kappa shape index (κ3) is 1.91. The Morgan fingerprint density at radius 1 is 1.47 bits per heavy atom. The van der Waals surface area contributed by atoms with E-state index in [2.05, 4.69) is 0 Å². The van der Waals surface area contributed by atoms with Gasteiger partial charge in [-0.1, -0.05) is 11.3 Å². The van der Waals surface area contributed by atoms with Gasteiger partial charge in [-0.25, -0.2) is 4.79 Å². The molecule has 1 aliphatic heterocycles. The fourth-order valence-corrected chi connectivity index (χ4v) is 3.06. The molecule has 1 amide bonds. The molecule has 2 aromatic rings. The molecule has 6 nitrogen and oxygen atoms in total. The average Bonchev–Trinajstić information content (AvgIpc) is 2.91. The van der Waals surface area contributed by atoms with Gasteiger partial charge >= 0.3 is 11.0 Å². The van der Waals surface area contributed by atoms with E-state index < -0.39 is 6.09 Å². The first-order valence-corrected chi connectivity index (χ1v) is 6.69. The highest BCUT2D eigenvalue weighted by Crippen LogP contribution is 2.26. The quantitative estimate of drug-likeness (QED) is 0.885. The van der Waals surface area contributed by atoms with Crippen molar-refractivity contribution >= 4 is 33.3 Å². The summed E-state index contributed by atoms with van der Waals surface area (Å²) in [5.41, 5.74) is 7.10. The molecule has 3 rings (SSSR count). The number of anilines is 1. The van der Waals surface area contributed by atoms with Gasteiger partial charge in [0.2, 0.25) is 0 Å². The van der Waals surface area contributed by atoms with Crippen LogP contribution in [0.5, 0.6) is 0 Å². The SMILES string of the molecule is Cn1c(=O)sc2cc(N3C[C@H](CN)OC3=O)ccc21. The lowest BCUT2D eigenvalue weighted by molar-refractivity contribution is 0.145. The highest BCUT2D eigenvalue weighted by Gasteiger charge is 2.31. The minimum atomic E-state index is -0.391. The van der Waals surface area contributed by atoms with E-state index in [1.165, 1.54) is 0 Å². The van der Waals surface area contributed by atoms with E-state index in [0.29, 0.717) is 13.1 Å². The predicted molar refractivity (Wildman–Crippen MR) is 73.7 cm³/mol. The maximum atomic E-state index is 11.7. The van der Waals surface area contributed by atoms with Crippen LogP contribution in [0.4, 0.5) is 10.5 Å². The summed E-state index contributed by atoms with van der Waals surface area (Å²) in [5, 5.41) is 0. The Kier molecular flexibility index (Phi) is 2.79. The van der Waals surface area contributed by atoms with Crippen LogP contribution < -0.4 is 15.5 Å². The van der Waals surface area contributed by atoms with Crippen molar-refractivity contribution in [3.05, 3.63) is 27.9 Å². The average molecular weight is 279 g/mol. The smallest absolute Gasteiger partial charge is 0.414 e. The van der Waals surface area contributed by atoms with Crippen LogP contribution in [0, 0.1) is 0 Å². The molecule has 1 aliphatic rings. The second-order valence-corrected chi connectivity index (χ2v) is 5.42. The van der Waals surface area contributed by atoms with Crippen molar-refractivity contribution in [1.82, 2.24) is 4.57 Å². The summed E-state index contributed by atoms with van der Waals surface area (Å²) in [6, 6.07) is 5.49. The van der Waals surface area contributed by atoms with Gasteiger partial charge in [0.05, 0.1) is 16.8 Å². The number of cyclic esters (lactones) is 1. The summed E-state index contributed by atoms with van der Waals surface area (Å²) in [7, 11) is 1.73. The molecule has 1 aromatic heterocycles. The standard InChI is InChI=1S/C12H13N3O3S/c1-14-9-3-2-7(4-10(9)19-12(14)17)15-6-8(5-13)18-11(15)16/h2-4,8H,5-6,13H2,1H3/t8-/m0/s1. The number of fused-ring (bicyclic) bond motifs is 1. The first-order valence-electron chi connectivity index (χ1n) is 5.88. The molecule has 0 unspecified atom stereocenters. The molecular weight excluding hydrogens is 266 g/mol. The third-order valence-corrected chi connectivity index (χ3v) is 4.22. The van der Waals surface area contributed by atoms with Gasteiger partial charge < -0.3 is 15.0 Å². The molecule has 0 bridgehead atoms. The van der Waals surface area contributed by atoms with Crippen LogP contribution in [0.2, 0.25) is 0 Å². The Hall–Kier alpha value is -1.86. The molecule has 2 N–H and O–H groups in total. The Labute approximate surface area is 113 Å². The van der Waals surface area contributed by atoms with Gasteiger partial charge in [0.1, 0.15) is 6.10 Å². The van der Waals surface area contributed by atoms with Gasteiger partial charge in [0, 0.05) is 19.3 Å². The summed E-state index contributed by atoms with van der Waals surface area (Å²) >= 11 is 1.16. The zero-order valence-corrected chi connectivity index (χ0v) is 11.1. The van der Waals surface area contributed by atoms with Gasteiger partial charge in [-0.05, 0) is 18.2 Å². The van der Waals surface area contributed by atoms with Gasteiger partial charge in [-0.2, -0.15) is 0 Å². The van der Waals surface area contributed by atoms with Crippen molar-refractivity contribution in [3.63, 3.8) is 0 Å². The normalized spacial score (nSPS) is 19.2. The van der Waals surface area contributed by atoms with Crippen LogP contribution in [-0.4, -0.2) is 29.9 Å². The zero-order chi connectivity index (χ0) is 13.6. The van der Waals surface area contributed by atoms with Gasteiger partial charge in [-0.3, -0.25) is 9.69 Å². The number of benzene rings is 1. The summed E-state index contributed by atoms with van der Waals surface area (Å²) in [6.45, 7) is 0.756. The van der Waals surface area contributed by atoms with Gasteiger partial charge in [0.25, 0.3) is 0 Å². The molecule has 2 heterocycles. The first-order chi connectivity index (χ1) is 9.10. The third-order valence-electron chi connectivity index (χ3n) is 3.22. The number of hydrogen-bond acceptors (Lipinski definition) is 5. The van der Waals surface area contributed by atoms with Gasteiger partial charge in [-0.15, -0.1) is 0 Å². The Bertz CT molecular complexity index is 706. The van der Waals surface area contributed by atoms with Crippen molar-refractivity contribution in [2.24, 2.45) is 12.8 Å². The molecule has 0 radical (unpaired) electrons. The van der Waals surface area contributed by atoms with Crippen molar-refractivity contribution in [2.75, 3.05) is 18.0 Å². The number of carbonyl (C=O) groups excluding carboxylic acids is 1. The molecule has 7 heteroatoms. The molecule has 0 saturated carbocycles. The molecule has 1 saturated heterocycles. The molecule has 1 atom stereocenters. The molecule has 0 aliphatic carbocycles. The number of aromatic nitrogens is 1. The number of aryl methyl sites for hydroxylation is 1. The maximum Gasteiger partial charge on any atom is 0.414 e. The van der Waals surface area contributed by atoms with Crippen LogP contribution in [0.25, 0.3) is 10.2 Å². The van der Waals surface area contributed by atoms with Crippen molar-refractivity contribution in [3.8, 4) is 0 Å². The fraction of sp³-hybridized carbons (Fsp3) is 0.333. The van der Waals surface area contributed by atoms with E-state index in [1.54, 1.807) is 16.5 Å². The van der Waals surface area contributed by atoms with Crippen molar-refractivity contribution in [2.45, 2.75) is 6.10 Å². The Balaban J connectivity index is 2.02. The monoisotopic (exact) mass is 279 g/mol. The molecule has 100 valence electrons. The van der Waals surface area contributed by atoms with Gasteiger partial charge in [0.15, 0.2) is 0 Å². The fourth-order valence-electron chi connectivity index (χ4n) is 2.15. The predicted octanol–water partition coefficient (Wildman–Crippen LogP) is 0.884. The number of carbonyl (C=O) groups is 1. The number of thiazole rings is 1. The lowest BCUT2D eigenvalue weighted by Gasteiger charge is -2.12. The van der Waals surface area contributed by atoms with Crippen LogP contribution in [0.3, 0.4) is 0 Å². The minimum absolute atomic E-state index is 0.0176. The summed E-state index contributed by atoms with van der Waals surface area (Å²) < 4.78 is 7.56. The van der Waals surface area contributed by atoms with Crippen molar-refractivity contribution < 1.29 is 9.53 Å². The topological polar surface area (TPSA) is 77.6 Å². The van der Waals surface area contributed by atoms with E-state index in [4.69, 9.17) is 10.5 Å². The number of rotatable bonds is 2. The second-order valence-electron chi connectivity index (χ2n) is 4.43. The molecule has 1 aromatic carbocycles. The first kappa shape index (κ1) is 12.2. The molecular formula is C12H13N3O3S. The maximum absolute atomic E-state index is 11.7. The summed E-state index contributed by atoms with van der Waals surface area (Å²) in [6.07, 6.45) is -0.657. The second kappa shape index (κ2) is 4.36. The molecule has 19 heavy (non-hydrogen) atoms. The highest BCUT2D eigenvalue weighted by molar-refractivity contribution is 7.16. The molecule has 1 fully saturated rings. The van der Waals surface area contributed by atoms with E-state index in [1.807, 2.05) is 18.2 Å². The lowest BCUT2D eigenvalue weighted by atomic mass is 10.2. The van der Waals surface area contributed by atoms with E-state index in [-0.39, 0.29) is 11.0 Å². The van der Waals surface area contributed by atoms with Crippen LogP contribution >= 0.6 is 11.3 Å². The lowest BCUT2D eigenvalue weighted by Crippen LogP contribution is -2.27. The van der Waals surface area contributed by atoms with E-state index >= 15 is 0 Å².